The van der Waals surface area contributed by atoms with Crippen molar-refractivity contribution in [3.05, 3.63) is 0 Å². The minimum absolute atomic E-state index is 0.596. The van der Waals surface area contributed by atoms with Crippen LogP contribution in [0.4, 0.5) is 0 Å². The van der Waals surface area contributed by atoms with Gasteiger partial charge < -0.3 is 15.3 Å². The first-order valence-corrected chi connectivity index (χ1v) is 9.07. The van der Waals surface area contributed by atoms with Gasteiger partial charge in [-0.2, -0.15) is 0 Å². The number of aliphatic hydroxyl groups is 1. The van der Waals surface area contributed by atoms with Gasteiger partial charge in [-0.1, -0.05) is 33.6 Å². The zero-order valence-electron chi connectivity index (χ0n) is 15.0. The molecule has 3 nitrogen and oxygen atoms in total. The van der Waals surface area contributed by atoms with Crippen molar-refractivity contribution >= 4 is 0 Å². The number of hydrogen-bond donors (Lipinski definition) is 2. The SMILES string of the molecule is CCCC1CCC(NCC)C(CN(CC)CC(C)(C)O)C1. The van der Waals surface area contributed by atoms with Crippen LogP contribution in [0, 0.1) is 11.8 Å². The first kappa shape index (κ1) is 18.9. The fourth-order valence-electron chi connectivity index (χ4n) is 3.95. The third-order valence-corrected chi connectivity index (χ3v) is 4.80. The van der Waals surface area contributed by atoms with E-state index >= 15 is 0 Å². The van der Waals surface area contributed by atoms with Gasteiger partial charge in [0.05, 0.1) is 5.60 Å². The standard InChI is InChI=1S/C18H38N2O/c1-6-9-15-10-11-17(19-7-2)16(12-15)13-20(8-3)14-18(4,5)21/h15-17,19,21H,6-14H2,1-5H3. The Morgan fingerprint density at radius 3 is 2.43 bits per heavy atom. The van der Waals surface area contributed by atoms with Gasteiger partial charge in [0.1, 0.15) is 0 Å². The van der Waals surface area contributed by atoms with E-state index in [0.29, 0.717) is 6.04 Å². The van der Waals surface area contributed by atoms with E-state index in [1.807, 2.05) is 13.8 Å². The predicted molar refractivity (Wildman–Crippen MR) is 91.6 cm³/mol. The van der Waals surface area contributed by atoms with Gasteiger partial charge in [-0.3, -0.25) is 0 Å². The highest BCUT2D eigenvalue weighted by Gasteiger charge is 2.31. The summed E-state index contributed by atoms with van der Waals surface area (Å²) in [6.07, 6.45) is 6.76. The molecule has 1 rings (SSSR count). The largest absolute Gasteiger partial charge is 0.389 e. The molecule has 3 atom stereocenters. The first-order valence-electron chi connectivity index (χ1n) is 9.07. The van der Waals surface area contributed by atoms with Crippen LogP contribution in [0.2, 0.25) is 0 Å². The zero-order valence-corrected chi connectivity index (χ0v) is 15.0. The van der Waals surface area contributed by atoms with Gasteiger partial charge in [-0.15, -0.1) is 0 Å². The van der Waals surface area contributed by atoms with E-state index in [-0.39, 0.29) is 0 Å². The molecule has 0 saturated heterocycles. The van der Waals surface area contributed by atoms with Crippen molar-refractivity contribution in [2.75, 3.05) is 26.2 Å². The highest BCUT2D eigenvalue weighted by molar-refractivity contribution is 4.87. The normalized spacial score (nSPS) is 27.3. The van der Waals surface area contributed by atoms with Crippen LogP contribution >= 0.6 is 0 Å². The Kier molecular flexibility index (Phi) is 8.22. The second-order valence-electron chi connectivity index (χ2n) is 7.53. The van der Waals surface area contributed by atoms with Crippen LogP contribution in [0.5, 0.6) is 0 Å². The molecule has 1 aliphatic carbocycles. The molecule has 0 heterocycles. The molecule has 0 spiro atoms. The molecule has 0 radical (unpaired) electrons. The van der Waals surface area contributed by atoms with Crippen molar-refractivity contribution in [2.24, 2.45) is 11.8 Å². The number of rotatable bonds is 9. The maximum absolute atomic E-state index is 10.1. The summed E-state index contributed by atoms with van der Waals surface area (Å²) in [5.74, 6) is 1.65. The molecule has 0 aromatic rings. The summed E-state index contributed by atoms with van der Waals surface area (Å²) in [7, 11) is 0. The summed E-state index contributed by atoms with van der Waals surface area (Å²) >= 11 is 0. The van der Waals surface area contributed by atoms with Crippen LogP contribution in [0.25, 0.3) is 0 Å². The Balaban J connectivity index is 2.62. The number of likely N-dealkylation sites (N-methyl/N-ethyl adjacent to an activating group) is 1. The third-order valence-electron chi connectivity index (χ3n) is 4.80. The van der Waals surface area contributed by atoms with E-state index in [2.05, 4.69) is 31.0 Å². The van der Waals surface area contributed by atoms with Crippen LogP contribution in [0.3, 0.4) is 0 Å². The molecule has 0 amide bonds. The fraction of sp³-hybridized carbons (Fsp3) is 1.00. The molecule has 1 fully saturated rings. The van der Waals surface area contributed by atoms with Crippen LogP contribution in [0.1, 0.15) is 66.7 Å². The van der Waals surface area contributed by atoms with Crippen LogP contribution < -0.4 is 5.32 Å². The van der Waals surface area contributed by atoms with E-state index in [9.17, 15) is 5.11 Å². The maximum Gasteiger partial charge on any atom is 0.0718 e. The monoisotopic (exact) mass is 298 g/mol. The Labute approximate surface area is 132 Å². The second-order valence-corrected chi connectivity index (χ2v) is 7.53. The molecule has 1 aliphatic rings. The van der Waals surface area contributed by atoms with Crippen molar-refractivity contribution in [3.63, 3.8) is 0 Å². The lowest BCUT2D eigenvalue weighted by Gasteiger charge is -2.40. The molecule has 126 valence electrons. The Morgan fingerprint density at radius 2 is 1.90 bits per heavy atom. The van der Waals surface area contributed by atoms with Gasteiger partial charge >= 0.3 is 0 Å². The smallest absolute Gasteiger partial charge is 0.0718 e. The van der Waals surface area contributed by atoms with Gasteiger partial charge in [-0.05, 0) is 58.0 Å². The predicted octanol–water partition coefficient (Wildman–Crippen LogP) is 3.27. The molecular weight excluding hydrogens is 260 g/mol. The van der Waals surface area contributed by atoms with Gasteiger partial charge in [0.15, 0.2) is 0 Å². The Morgan fingerprint density at radius 1 is 1.19 bits per heavy atom. The van der Waals surface area contributed by atoms with Crippen molar-refractivity contribution in [3.8, 4) is 0 Å². The lowest BCUT2D eigenvalue weighted by atomic mass is 9.76. The highest BCUT2D eigenvalue weighted by atomic mass is 16.3. The van der Waals surface area contributed by atoms with Gasteiger partial charge in [-0.25, -0.2) is 0 Å². The topological polar surface area (TPSA) is 35.5 Å². The van der Waals surface area contributed by atoms with Crippen molar-refractivity contribution in [1.82, 2.24) is 10.2 Å². The summed E-state index contributed by atoms with van der Waals surface area (Å²) < 4.78 is 0. The molecule has 3 unspecified atom stereocenters. The van der Waals surface area contributed by atoms with Crippen LogP contribution in [-0.4, -0.2) is 47.8 Å². The number of nitrogens with one attached hydrogen (secondary N) is 1. The van der Waals surface area contributed by atoms with E-state index < -0.39 is 5.60 Å². The van der Waals surface area contributed by atoms with Crippen molar-refractivity contribution in [2.45, 2.75) is 78.4 Å². The van der Waals surface area contributed by atoms with Crippen molar-refractivity contribution < 1.29 is 5.11 Å². The Bertz CT molecular complexity index is 275. The molecule has 1 saturated carbocycles. The summed E-state index contributed by atoms with van der Waals surface area (Å²) in [5, 5.41) is 13.8. The van der Waals surface area contributed by atoms with E-state index in [1.165, 1.54) is 32.1 Å². The molecule has 2 N–H and O–H groups in total. The summed E-state index contributed by atoms with van der Waals surface area (Å²) in [4.78, 5) is 2.43. The minimum atomic E-state index is -0.596. The molecule has 0 aliphatic heterocycles. The molecule has 0 aromatic carbocycles. The average molecular weight is 299 g/mol. The lowest BCUT2D eigenvalue weighted by molar-refractivity contribution is 0.0255. The molecule has 3 heteroatoms. The van der Waals surface area contributed by atoms with Crippen LogP contribution in [0.15, 0.2) is 0 Å². The second kappa shape index (κ2) is 9.12. The quantitative estimate of drug-likeness (QED) is 0.686. The average Bonchev–Trinajstić information content (AvgIpc) is 2.40. The first-order chi connectivity index (χ1) is 9.89. The van der Waals surface area contributed by atoms with Gasteiger partial charge in [0, 0.05) is 19.1 Å². The Hall–Kier alpha value is -0.120. The number of hydrogen-bond acceptors (Lipinski definition) is 3. The molecule has 0 aromatic heterocycles. The van der Waals surface area contributed by atoms with Gasteiger partial charge in [0.25, 0.3) is 0 Å². The summed E-state index contributed by atoms with van der Waals surface area (Å²) in [6, 6.07) is 0.666. The summed E-state index contributed by atoms with van der Waals surface area (Å²) in [5.41, 5.74) is -0.596. The molecular formula is C18H38N2O. The number of nitrogens with zero attached hydrogens (tertiary/aromatic N) is 1. The minimum Gasteiger partial charge on any atom is -0.389 e. The van der Waals surface area contributed by atoms with Gasteiger partial charge in [0.2, 0.25) is 0 Å². The fourth-order valence-corrected chi connectivity index (χ4v) is 3.95. The lowest BCUT2D eigenvalue weighted by Crippen LogP contribution is -2.48. The highest BCUT2D eigenvalue weighted by Crippen LogP contribution is 2.33. The molecule has 21 heavy (non-hydrogen) atoms. The van der Waals surface area contributed by atoms with Crippen molar-refractivity contribution in [1.29, 1.82) is 0 Å². The molecule has 0 bridgehead atoms. The third kappa shape index (κ3) is 7.12. The summed E-state index contributed by atoms with van der Waals surface area (Å²) in [6.45, 7) is 14.5. The zero-order chi connectivity index (χ0) is 15.9. The van der Waals surface area contributed by atoms with Crippen LogP contribution in [-0.2, 0) is 0 Å². The van der Waals surface area contributed by atoms with E-state index in [0.717, 1.165) is 38.0 Å². The van der Waals surface area contributed by atoms with E-state index in [4.69, 9.17) is 0 Å². The van der Waals surface area contributed by atoms with E-state index in [1.54, 1.807) is 0 Å². The maximum atomic E-state index is 10.1.